The molecule has 0 aliphatic carbocycles. The molecule has 68 valence electrons. The third kappa shape index (κ3) is 3.27. The maximum Gasteiger partial charge on any atom is 0.0788 e. The summed E-state index contributed by atoms with van der Waals surface area (Å²) in [5.41, 5.74) is 2.30. The molecule has 0 saturated carbocycles. The molecule has 0 aromatic heterocycles. The molecule has 0 amide bonds. The molecule has 13 heavy (non-hydrogen) atoms. The zero-order valence-corrected chi connectivity index (χ0v) is 8.90. The van der Waals surface area contributed by atoms with Crippen LogP contribution in [0.2, 0.25) is 0 Å². The molecule has 1 rings (SSSR count). The average molecular weight is 212 g/mol. The highest BCUT2D eigenvalue weighted by Gasteiger charge is 2.05. The molecule has 0 aliphatic rings. The van der Waals surface area contributed by atoms with Gasteiger partial charge >= 0.3 is 0 Å². The molecule has 0 N–H and O–H groups in total. The van der Waals surface area contributed by atoms with Gasteiger partial charge in [-0.25, -0.2) is 4.99 Å². The Kier molecular flexibility index (Phi) is 4.10. The number of thiocarbonyl (C=S) groups is 1. The largest absolute Gasteiger partial charge is 0.231 e. The van der Waals surface area contributed by atoms with Crippen LogP contribution in [-0.2, 0) is 0 Å². The number of aryl methyl sites for hydroxylation is 1. The van der Waals surface area contributed by atoms with Gasteiger partial charge in [-0.15, -0.1) is 11.6 Å². The van der Waals surface area contributed by atoms with E-state index in [4.69, 9.17) is 11.6 Å². The van der Waals surface area contributed by atoms with E-state index in [1.807, 2.05) is 31.2 Å². The van der Waals surface area contributed by atoms with Crippen LogP contribution in [0.25, 0.3) is 0 Å². The van der Waals surface area contributed by atoms with Gasteiger partial charge in [-0.1, -0.05) is 29.8 Å². The molecular formula is C10H10ClNS. The van der Waals surface area contributed by atoms with Crippen LogP contribution in [0.15, 0.2) is 29.3 Å². The molecule has 0 radical (unpaired) electrons. The third-order valence-corrected chi connectivity index (χ3v) is 2.27. The Hall–Kier alpha value is -0.690. The summed E-state index contributed by atoms with van der Waals surface area (Å²) in [5.74, 6) is 0. The highest BCUT2D eigenvalue weighted by atomic mass is 35.5. The number of halogens is 1. The van der Waals surface area contributed by atoms with Gasteiger partial charge in [-0.3, -0.25) is 0 Å². The SMILES string of the molecule is Cc1ccc([C@H](Cl)CN=C=S)cc1. The number of alkyl halides is 1. The van der Waals surface area contributed by atoms with Crippen molar-refractivity contribution >= 4 is 29.0 Å². The van der Waals surface area contributed by atoms with E-state index in [0.717, 1.165) is 5.56 Å². The first-order valence-electron chi connectivity index (χ1n) is 3.98. The molecule has 1 atom stereocenters. The van der Waals surface area contributed by atoms with Gasteiger partial charge in [0.1, 0.15) is 0 Å². The number of hydrogen-bond donors (Lipinski definition) is 0. The predicted octanol–water partition coefficient (Wildman–Crippen LogP) is 3.38. The smallest absolute Gasteiger partial charge is 0.0788 e. The minimum absolute atomic E-state index is 0.101. The zero-order chi connectivity index (χ0) is 9.68. The first kappa shape index (κ1) is 10.4. The van der Waals surface area contributed by atoms with Crippen LogP contribution in [0.1, 0.15) is 16.5 Å². The van der Waals surface area contributed by atoms with E-state index < -0.39 is 0 Å². The fourth-order valence-electron chi connectivity index (χ4n) is 0.998. The lowest BCUT2D eigenvalue weighted by Crippen LogP contribution is -1.94. The Morgan fingerprint density at radius 1 is 1.46 bits per heavy atom. The zero-order valence-electron chi connectivity index (χ0n) is 7.33. The number of benzene rings is 1. The van der Waals surface area contributed by atoms with Crippen molar-refractivity contribution in [2.45, 2.75) is 12.3 Å². The molecule has 0 fully saturated rings. The lowest BCUT2D eigenvalue weighted by molar-refractivity contribution is 0.937. The molecule has 0 unspecified atom stereocenters. The number of aliphatic imine (C=N–C) groups is 1. The maximum absolute atomic E-state index is 6.06. The summed E-state index contributed by atoms with van der Waals surface area (Å²) in [5, 5.41) is 2.20. The van der Waals surface area contributed by atoms with Crippen LogP contribution < -0.4 is 0 Å². The quantitative estimate of drug-likeness (QED) is 0.424. The van der Waals surface area contributed by atoms with E-state index in [1.165, 1.54) is 5.56 Å². The van der Waals surface area contributed by atoms with Crippen LogP contribution in [-0.4, -0.2) is 11.7 Å². The number of nitrogens with zero attached hydrogens (tertiary/aromatic N) is 1. The molecule has 0 bridgehead atoms. The first-order chi connectivity index (χ1) is 6.24. The molecule has 1 nitrogen and oxygen atoms in total. The second-order valence-corrected chi connectivity index (χ2v) is 3.52. The second-order valence-electron chi connectivity index (χ2n) is 2.81. The van der Waals surface area contributed by atoms with Gasteiger partial charge < -0.3 is 0 Å². The summed E-state index contributed by atoms with van der Waals surface area (Å²) in [6.07, 6.45) is 0. The summed E-state index contributed by atoms with van der Waals surface area (Å²) in [6.45, 7) is 2.54. The Labute approximate surface area is 88.4 Å². The number of isothiocyanates is 1. The van der Waals surface area contributed by atoms with Gasteiger partial charge in [0.2, 0.25) is 0 Å². The van der Waals surface area contributed by atoms with Gasteiger partial charge in [0.25, 0.3) is 0 Å². The third-order valence-electron chi connectivity index (χ3n) is 1.76. The minimum Gasteiger partial charge on any atom is -0.231 e. The van der Waals surface area contributed by atoms with Crippen molar-refractivity contribution < 1.29 is 0 Å². The van der Waals surface area contributed by atoms with Crippen LogP contribution in [0, 0.1) is 6.92 Å². The second kappa shape index (κ2) is 5.13. The Balaban J connectivity index is 2.71. The van der Waals surface area contributed by atoms with Crippen LogP contribution in [0.3, 0.4) is 0 Å². The molecular weight excluding hydrogens is 202 g/mol. The molecule has 0 spiro atoms. The summed E-state index contributed by atoms with van der Waals surface area (Å²) in [4.78, 5) is 3.80. The fourth-order valence-corrected chi connectivity index (χ4v) is 1.29. The van der Waals surface area contributed by atoms with Gasteiger partial charge in [0.05, 0.1) is 17.1 Å². The van der Waals surface area contributed by atoms with Crippen LogP contribution in [0.5, 0.6) is 0 Å². The van der Waals surface area contributed by atoms with Crippen molar-refractivity contribution in [3.8, 4) is 0 Å². The van der Waals surface area contributed by atoms with E-state index >= 15 is 0 Å². The predicted molar refractivity (Wildman–Crippen MR) is 59.7 cm³/mol. The highest BCUT2D eigenvalue weighted by Crippen LogP contribution is 2.20. The van der Waals surface area contributed by atoms with E-state index in [1.54, 1.807) is 0 Å². The Morgan fingerprint density at radius 3 is 2.62 bits per heavy atom. The molecule has 0 aliphatic heterocycles. The van der Waals surface area contributed by atoms with E-state index in [0.29, 0.717) is 6.54 Å². The topological polar surface area (TPSA) is 12.4 Å². The van der Waals surface area contributed by atoms with Crippen molar-refractivity contribution in [2.75, 3.05) is 6.54 Å². The fraction of sp³-hybridized carbons (Fsp3) is 0.300. The normalized spacial score (nSPS) is 11.8. The Morgan fingerprint density at radius 2 is 2.08 bits per heavy atom. The standard InChI is InChI=1S/C10H10ClNS/c1-8-2-4-9(5-3-8)10(11)6-12-7-13/h2-5,10H,6H2,1H3/t10-/m1/s1. The van der Waals surface area contributed by atoms with Gasteiger partial charge in [0.15, 0.2) is 0 Å². The molecule has 3 heteroatoms. The van der Waals surface area contributed by atoms with Crippen molar-refractivity contribution in [1.82, 2.24) is 0 Å². The lowest BCUT2D eigenvalue weighted by atomic mass is 10.1. The lowest BCUT2D eigenvalue weighted by Gasteiger charge is -2.05. The van der Waals surface area contributed by atoms with Crippen LogP contribution >= 0.6 is 23.8 Å². The Bertz CT molecular complexity index is 314. The number of rotatable bonds is 3. The van der Waals surface area contributed by atoms with Crippen molar-refractivity contribution in [1.29, 1.82) is 0 Å². The van der Waals surface area contributed by atoms with E-state index in [9.17, 15) is 0 Å². The molecule has 1 aromatic rings. The van der Waals surface area contributed by atoms with Crippen molar-refractivity contribution in [3.63, 3.8) is 0 Å². The van der Waals surface area contributed by atoms with Crippen molar-refractivity contribution in [2.24, 2.45) is 4.99 Å². The van der Waals surface area contributed by atoms with Gasteiger partial charge in [-0.2, -0.15) is 0 Å². The monoisotopic (exact) mass is 211 g/mol. The highest BCUT2D eigenvalue weighted by molar-refractivity contribution is 7.78. The van der Waals surface area contributed by atoms with E-state index in [-0.39, 0.29) is 5.38 Å². The number of hydrogen-bond acceptors (Lipinski definition) is 2. The van der Waals surface area contributed by atoms with Gasteiger partial charge in [-0.05, 0) is 24.7 Å². The van der Waals surface area contributed by atoms with Crippen LogP contribution in [0.4, 0.5) is 0 Å². The molecule has 0 saturated heterocycles. The summed E-state index contributed by atoms with van der Waals surface area (Å²) < 4.78 is 0. The average Bonchev–Trinajstić information content (AvgIpc) is 2.15. The molecule has 0 heterocycles. The first-order valence-corrected chi connectivity index (χ1v) is 4.83. The summed E-state index contributed by atoms with van der Waals surface area (Å²) >= 11 is 10.5. The molecule has 1 aromatic carbocycles. The summed E-state index contributed by atoms with van der Waals surface area (Å²) in [6, 6.07) is 8.08. The van der Waals surface area contributed by atoms with E-state index in [2.05, 4.69) is 22.4 Å². The summed E-state index contributed by atoms with van der Waals surface area (Å²) in [7, 11) is 0. The van der Waals surface area contributed by atoms with Crippen molar-refractivity contribution in [3.05, 3.63) is 35.4 Å². The van der Waals surface area contributed by atoms with Gasteiger partial charge in [0, 0.05) is 0 Å². The minimum atomic E-state index is -0.101. The maximum atomic E-state index is 6.06.